The van der Waals surface area contributed by atoms with E-state index in [-0.39, 0.29) is 29.8 Å². The number of carbonyl (C=O) groups excluding carboxylic acids is 3. The predicted octanol–water partition coefficient (Wildman–Crippen LogP) is 4.16. The summed E-state index contributed by atoms with van der Waals surface area (Å²) in [6.45, 7) is 7.33. The Kier molecular flexibility index (Phi) is 6.53. The SMILES string of the molecule is CC(C)CC(=O)C1=C(O)C(=O)N(c2ccc(C(=O)OC(C)C)cc2)C1c1cccnc1. The molecule has 1 aromatic heterocycles. The molecule has 2 heterocycles. The van der Waals surface area contributed by atoms with Crippen LogP contribution >= 0.6 is 0 Å². The van der Waals surface area contributed by atoms with Gasteiger partial charge in [-0.3, -0.25) is 19.5 Å². The molecular formula is C24H26N2O5. The molecule has 1 aliphatic heterocycles. The van der Waals surface area contributed by atoms with Gasteiger partial charge in [0.2, 0.25) is 0 Å². The van der Waals surface area contributed by atoms with Crippen LogP contribution in [0.3, 0.4) is 0 Å². The number of ketones is 1. The molecule has 1 atom stereocenters. The van der Waals surface area contributed by atoms with Gasteiger partial charge in [0.05, 0.1) is 23.3 Å². The molecule has 1 N–H and O–H groups in total. The zero-order valence-electron chi connectivity index (χ0n) is 18.0. The summed E-state index contributed by atoms with van der Waals surface area (Å²) >= 11 is 0. The summed E-state index contributed by atoms with van der Waals surface area (Å²) in [6, 6.07) is 8.97. The van der Waals surface area contributed by atoms with Gasteiger partial charge >= 0.3 is 5.97 Å². The zero-order valence-corrected chi connectivity index (χ0v) is 18.0. The molecule has 0 saturated heterocycles. The van der Waals surface area contributed by atoms with Crippen molar-refractivity contribution in [2.75, 3.05) is 4.90 Å². The number of esters is 1. The van der Waals surface area contributed by atoms with Gasteiger partial charge in [0.15, 0.2) is 11.5 Å². The van der Waals surface area contributed by atoms with Crippen molar-refractivity contribution in [3.63, 3.8) is 0 Å². The Morgan fingerprint density at radius 2 is 1.81 bits per heavy atom. The van der Waals surface area contributed by atoms with Gasteiger partial charge in [-0.15, -0.1) is 0 Å². The van der Waals surface area contributed by atoms with Crippen molar-refractivity contribution < 1.29 is 24.2 Å². The van der Waals surface area contributed by atoms with Crippen LogP contribution in [-0.4, -0.2) is 33.9 Å². The third-order valence-corrected chi connectivity index (χ3v) is 4.83. The Bertz CT molecular complexity index is 1010. The smallest absolute Gasteiger partial charge is 0.338 e. The van der Waals surface area contributed by atoms with Crippen LogP contribution in [0, 0.1) is 5.92 Å². The van der Waals surface area contributed by atoms with E-state index in [9.17, 15) is 19.5 Å². The van der Waals surface area contributed by atoms with Crippen LogP contribution in [0.5, 0.6) is 0 Å². The van der Waals surface area contributed by atoms with E-state index in [2.05, 4.69) is 4.98 Å². The molecule has 1 aromatic carbocycles. The van der Waals surface area contributed by atoms with E-state index in [0.717, 1.165) is 0 Å². The van der Waals surface area contributed by atoms with Gasteiger partial charge in [-0.2, -0.15) is 0 Å². The second kappa shape index (κ2) is 9.12. The summed E-state index contributed by atoms with van der Waals surface area (Å²) < 4.78 is 5.20. The Morgan fingerprint density at radius 1 is 1.13 bits per heavy atom. The largest absolute Gasteiger partial charge is 0.503 e. The highest BCUT2D eigenvalue weighted by Crippen LogP contribution is 2.41. The summed E-state index contributed by atoms with van der Waals surface area (Å²) in [5.74, 6) is -1.90. The minimum absolute atomic E-state index is 0.0648. The number of hydrogen-bond acceptors (Lipinski definition) is 6. The molecule has 0 aliphatic carbocycles. The molecule has 0 spiro atoms. The second-order valence-corrected chi connectivity index (χ2v) is 8.15. The first-order chi connectivity index (χ1) is 14.7. The topological polar surface area (TPSA) is 96.8 Å². The van der Waals surface area contributed by atoms with Crippen molar-refractivity contribution in [3.05, 3.63) is 71.3 Å². The fourth-order valence-corrected chi connectivity index (χ4v) is 3.53. The molecule has 0 bridgehead atoms. The van der Waals surface area contributed by atoms with E-state index < -0.39 is 23.7 Å². The highest BCUT2D eigenvalue weighted by Gasteiger charge is 2.44. The normalized spacial score (nSPS) is 16.4. The number of rotatable bonds is 7. The summed E-state index contributed by atoms with van der Waals surface area (Å²) in [6.07, 6.45) is 3.12. The van der Waals surface area contributed by atoms with Gasteiger partial charge in [0.1, 0.15) is 0 Å². The van der Waals surface area contributed by atoms with Gasteiger partial charge in [-0.1, -0.05) is 19.9 Å². The van der Waals surface area contributed by atoms with Gasteiger partial charge < -0.3 is 9.84 Å². The van der Waals surface area contributed by atoms with Crippen molar-refractivity contribution in [3.8, 4) is 0 Å². The second-order valence-electron chi connectivity index (χ2n) is 8.15. The van der Waals surface area contributed by atoms with E-state index in [1.807, 2.05) is 13.8 Å². The molecule has 1 amide bonds. The Morgan fingerprint density at radius 3 is 2.35 bits per heavy atom. The first-order valence-corrected chi connectivity index (χ1v) is 10.2. The average molecular weight is 422 g/mol. The number of ether oxygens (including phenoxy) is 1. The van der Waals surface area contributed by atoms with Crippen LogP contribution in [0.25, 0.3) is 0 Å². The van der Waals surface area contributed by atoms with Crippen LogP contribution in [0.1, 0.15) is 56.1 Å². The number of nitrogens with zero attached hydrogens (tertiary/aromatic N) is 2. The zero-order chi connectivity index (χ0) is 22.7. The number of aliphatic hydroxyl groups excluding tert-OH is 1. The minimum atomic E-state index is -0.805. The van der Waals surface area contributed by atoms with Crippen molar-refractivity contribution in [1.29, 1.82) is 0 Å². The molecule has 0 saturated carbocycles. The summed E-state index contributed by atoms with van der Waals surface area (Å²) in [5.41, 5.74) is 1.46. The van der Waals surface area contributed by atoms with Crippen LogP contribution in [0.2, 0.25) is 0 Å². The van der Waals surface area contributed by atoms with Crippen molar-refractivity contribution in [2.45, 2.75) is 46.3 Å². The van der Waals surface area contributed by atoms with Crippen molar-refractivity contribution in [2.24, 2.45) is 5.92 Å². The lowest BCUT2D eigenvalue weighted by atomic mass is 9.92. The van der Waals surface area contributed by atoms with Crippen LogP contribution in [0.15, 0.2) is 60.1 Å². The van der Waals surface area contributed by atoms with Crippen LogP contribution < -0.4 is 4.90 Å². The quantitative estimate of drug-likeness (QED) is 0.673. The lowest BCUT2D eigenvalue weighted by molar-refractivity contribution is -0.118. The van der Waals surface area contributed by atoms with E-state index >= 15 is 0 Å². The fraction of sp³-hybridized carbons (Fsp3) is 0.333. The number of anilines is 1. The molecule has 1 unspecified atom stereocenters. The highest BCUT2D eigenvalue weighted by molar-refractivity contribution is 6.16. The predicted molar refractivity (Wildman–Crippen MR) is 116 cm³/mol. The monoisotopic (exact) mass is 422 g/mol. The standard InChI is InChI=1S/C24H26N2O5/c1-14(2)12-19(27)20-21(17-6-5-11-25-13-17)26(23(29)22(20)28)18-9-7-16(8-10-18)24(30)31-15(3)4/h5-11,13-15,21,28H,12H2,1-4H3. The van der Waals surface area contributed by atoms with Gasteiger partial charge in [0, 0.05) is 24.5 Å². The number of benzene rings is 1. The molecule has 7 heteroatoms. The Hall–Kier alpha value is -3.48. The maximum Gasteiger partial charge on any atom is 0.338 e. The van der Waals surface area contributed by atoms with Gasteiger partial charge in [-0.25, -0.2) is 4.79 Å². The number of amides is 1. The molecular weight excluding hydrogens is 396 g/mol. The molecule has 3 rings (SSSR count). The first kappa shape index (κ1) is 22.2. The Balaban J connectivity index is 2.02. The third kappa shape index (κ3) is 4.66. The number of aromatic nitrogens is 1. The first-order valence-electron chi connectivity index (χ1n) is 10.2. The lowest BCUT2D eigenvalue weighted by Gasteiger charge is -2.27. The third-order valence-electron chi connectivity index (χ3n) is 4.83. The number of carbonyl (C=O) groups is 3. The molecule has 31 heavy (non-hydrogen) atoms. The molecule has 2 aromatic rings. The van der Waals surface area contributed by atoms with Crippen LogP contribution in [0.4, 0.5) is 5.69 Å². The maximum absolute atomic E-state index is 13.0. The highest BCUT2D eigenvalue weighted by atomic mass is 16.5. The van der Waals surface area contributed by atoms with Gasteiger partial charge in [0.25, 0.3) is 5.91 Å². The number of aliphatic hydroxyl groups is 1. The van der Waals surface area contributed by atoms with Crippen molar-refractivity contribution in [1.82, 2.24) is 4.98 Å². The Labute approximate surface area is 181 Å². The number of Topliss-reactive ketones (excluding diaryl/α,β-unsaturated/α-hetero) is 1. The minimum Gasteiger partial charge on any atom is -0.503 e. The molecule has 1 aliphatic rings. The van der Waals surface area contributed by atoms with E-state index in [4.69, 9.17) is 4.74 Å². The maximum atomic E-state index is 13.0. The lowest BCUT2D eigenvalue weighted by Crippen LogP contribution is -2.31. The molecule has 7 nitrogen and oxygen atoms in total. The van der Waals surface area contributed by atoms with E-state index in [1.54, 1.807) is 62.6 Å². The summed E-state index contributed by atoms with van der Waals surface area (Å²) in [4.78, 5) is 43.5. The van der Waals surface area contributed by atoms with Gasteiger partial charge in [-0.05, 0) is 55.7 Å². The molecule has 0 radical (unpaired) electrons. The average Bonchev–Trinajstić information content (AvgIpc) is 2.99. The fourth-order valence-electron chi connectivity index (χ4n) is 3.53. The summed E-state index contributed by atoms with van der Waals surface area (Å²) in [5, 5.41) is 10.6. The van der Waals surface area contributed by atoms with E-state index in [0.29, 0.717) is 16.8 Å². The molecule has 162 valence electrons. The van der Waals surface area contributed by atoms with E-state index in [1.165, 1.54) is 4.90 Å². The number of hydrogen-bond donors (Lipinski definition) is 1. The molecule has 0 fully saturated rings. The number of pyridine rings is 1. The van der Waals surface area contributed by atoms with Crippen LogP contribution in [-0.2, 0) is 14.3 Å². The summed E-state index contributed by atoms with van der Waals surface area (Å²) in [7, 11) is 0. The van der Waals surface area contributed by atoms with Crippen molar-refractivity contribution >= 4 is 23.3 Å².